The van der Waals surface area contributed by atoms with Crippen LogP contribution in [0.15, 0.2) is 24.3 Å². The van der Waals surface area contributed by atoms with Gasteiger partial charge in [-0.2, -0.15) is 0 Å². The predicted molar refractivity (Wildman–Crippen MR) is 83.7 cm³/mol. The van der Waals surface area contributed by atoms with E-state index in [0.29, 0.717) is 23.9 Å². The molecule has 114 valence electrons. The first-order valence-electron chi connectivity index (χ1n) is 8.08. The largest absolute Gasteiger partial charge is 0.496 e. The number of nitrogens with one attached hydrogen (secondary N) is 1. The van der Waals surface area contributed by atoms with E-state index in [4.69, 9.17) is 4.74 Å². The number of ketones is 1. The average Bonchev–Trinajstić information content (AvgIpc) is 3.15. The van der Waals surface area contributed by atoms with Gasteiger partial charge in [0.25, 0.3) is 0 Å². The van der Waals surface area contributed by atoms with Crippen LogP contribution in [0.1, 0.15) is 43.0 Å². The summed E-state index contributed by atoms with van der Waals surface area (Å²) in [5, 5.41) is 3.45. The Bertz CT molecular complexity index is 514. The van der Waals surface area contributed by atoms with Crippen LogP contribution in [-0.4, -0.2) is 25.5 Å². The lowest BCUT2D eigenvalue weighted by molar-refractivity contribution is 0.0978. The van der Waals surface area contributed by atoms with Gasteiger partial charge in [0.05, 0.1) is 19.2 Å². The maximum atomic E-state index is 12.4. The Morgan fingerprint density at radius 1 is 1.33 bits per heavy atom. The average molecular weight is 287 g/mol. The van der Waals surface area contributed by atoms with Crippen molar-refractivity contribution < 1.29 is 9.53 Å². The van der Waals surface area contributed by atoms with Crippen LogP contribution in [0.25, 0.3) is 0 Å². The third-order valence-corrected chi connectivity index (χ3v) is 5.43. The normalized spacial score (nSPS) is 28.6. The SMILES string of the molecule is COc1ccccc1C(=O)CNC(C)C1CC2CCC1C2. The van der Waals surface area contributed by atoms with Crippen LogP contribution in [-0.2, 0) is 0 Å². The summed E-state index contributed by atoms with van der Waals surface area (Å²) in [6, 6.07) is 7.88. The molecule has 0 amide bonds. The van der Waals surface area contributed by atoms with Gasteiger partial charge in [-0.25, -0.2) is 0 Å². The number of methoxy groups -OCH3 is 1. The third kappa shape index (κ3) is 2.98. The van der Waals surface area contributed by atoms with E-state index >= 15 is 0 Å². The van der Waals surface area contributed by atoms with Gasteiger partial charge in [-0.1, -0.05) is 18.6 Å². The zero-order valence-electron chi connectivity index (χ0n) is 13.0. The van der Waals surface area contributed by atoms with Crippen molar-refractivity contribution in [1.82, 2.24) is 5.32 Å². The van der Waals surface area contributed by atoms with Crippen LogP contribution < -0.4 is 10.1 Å². The second kappa shape index (κ2) is 6.18. The molecule has 2 saturated carbocycles. The van der Waals surface area contributed by atoms with E-state index < -0.39 is 0 Å². The molecule has 21 heavy (non-hydrogen) atoms. The molecule has 4 atom stereocenters. The molecule has 3 heteroatoms. The summed E-state index contributed by atoms with van der Waals surface area (Å²) in [6.07, 6.45) is 5.58. The van der Waals surface area contributed by atoms with Gasteiger partial charge in [-0.05, 0) is 56.1 Å². The molecule has 3 nitrogen and oxygen atoms in total. The van der Waals surface area contributed by atoms with Crippen LogP contribution in [0, 0.1) is 17.8 Å². The highest BCUT2D eigenvalue weighted by Gasteiger charge is 2.41. The molecule has 1 aromatic carbocycles. The lowest BCUT2D eigenvalue weighted by atomic mass is 9.84. The maximum Gasteiger partial charge on any atom is 0.180 e. The molecule has 0 spiro atoms. The summed E-state index contributed by atoms with van der Waals surface area (Å²) < 4.78 is 5.26. The van der Waals surface area contributed by atoms with Gasteiger partial charge in [-0.3, -0.25) is 4.79 Å². The Kier molecular flexibility index (Phi) is 4.29. The smallest absolute Gasteiger partial charge is 0.180 e. The van der Waals surface area contributed by atoms with Crippen molar-refractivity contribution in [2.24, 2.45) is 17.8 Å². The summed E-state index contributed by atoms with van der Waals surface area (Å²) in [5.41, 5.74) is 0.674. The molecule has 4 unspecified atom stereocenters. The fourth-order valence-electron chi connectivity index (χ4n) is 4.28. The fraction of sp³-hybridized carbons (Fsp3) is 0.611. The minimum Gasteiger partial charge on any atom is -0.496 e. The second-order valence-electron chi connectivity index (χ2n) is 6.63. The zero-order chi connectivity index (χ0) is 14.8. The molecule has 1 aromatic rings. The molecule has 2 bridgehead atoms. The molecular weight excluding hydrogens is 262 g/mol. The quantitative estimate of drug-likeness (QED) is 0.816. The van der Waals surface area contributed by atoms with Crippen LogP contribution in [0.5, 0.6) is 5.75 Å². The van der Waals surface area contributed by atoms with Crippen molar-refractivity contribution in [3.8, 4) is 5.75 Å². The Hall–Kier alpha value is -1.35. The number of hydrogen-bond acceptors (Lipinski definition) is 3. The molecule has 0 radical (unpaired) electrons. The van der Waals surface area contributed by atoms with Gasteiger partial charge in [0.2, 0.25) is 0 Å². The predicted octanol–water partition coefficient (Wildman–Crippen LogP) is 3.29. The minimum absolute atomic E-state index is 0.113. The highest BCUT2D eigenvalue weighted by Crippen LogP contribution is 2.49. The summed E-state index contributed by atoms with van der Waals surface area (Å²) in [6.45, 7) is 2.64. The van der Waals surface area contributed by atoms with Crippen LogP contribution in [0.2, 0.25) is 0 Å². The number of hydrogen-bond donors (Lipinski definition) is 1. The molecule has 0 aliphatic heterocycles. The molecule has 0 aromatic heterocycles. The van der Waals surface area contributed by atoms with Crippen molar-refractivity contribution in [2.75, 3.05) is 13.7 Å². The summed E-state index contributed by atoms with van der Waals surface area (Å²) in [7, 11) is 1.61. The number of rotatable bonds is 6. The van der Waals surface area contributed by atoms with E-state index in [1.807, 2.05) is 24.3 Å². The van der Waals surface area contributed by atoms with Crippen LogP contribution >= 0.6 is 0 Å². The van der Waals surface area contributed by atoms with E-state index in [9.17, 15) is 4.79 Å². The fourth-order valence-corrected chi connectivity index (χ4v) is 4.28. The third-order valence-electron chi connectivity index (χ3n) is 5.43. The number of fused-ring (bicyclic) bond motifs is 2. The Balaban J connectivity index is 1.56. The standard InChI is InChI=1S/C18H25NO2/c1-12(16-10-13-7-8-14(16)9-13)19-11-17(20)15-5-3-4-6-18(15)21-2/h3-6,12-14,16,19H,7-11H2,1-2H3. The number of benzene rings is 1. The monoisotopic (exact) mass is 287 g/mol. The van der Waals surface area contributed by atoms with Crippen molar-refractivity contribution in [3.05, 3.63) is 29.8 Å². The molecular formula is C18H25NO2. The van der Waals surface area contributed by atoms with Crippen molar-refractivity contribution in [1.29, 1.82) is 0 Å². The summed E-state index contributed by atoms with van der Waals surface area (Å²) in [4.78, 5) is 12.4. The van der Waals surface area contributed by atoms with E-state index in [0.717, 1.165) is 17.8 Å². The molecule has 2 aliphatic carbocycles. The summed E-state index contributed by atoms with van der Waals surface area (Å²) >= 11 is 0. The molecule has 1 N–H and O–H groups in total. The van der Waals surface area contributed by atoms with Gasteiger partial charge >= 0.3 is 0 Å². The van der Waals surface area contributed by atoms with E-state index in [1.165, 1.54) is 25.7 Å². The first kappa shape index (κ1) is 14.6. The minimum atomic E-state index is 0.113. The van der Waals surface area contributed by atoms with E-state index in [2.05, 4.69) is 12.2 Å². The molecule has 2 aliphatic rings. The van der Waals surface area contributed by atoms with Crippen molar-refractivity contribution >= 4 is 5.78 Å². The van der Waals surface area contributed by atoms with E-state index in [1.54, 1.807) is 7.11 Å². The van der Waals surface area contributed by atoms with Crippen LogP contribution in [0.3, 0.4) is 0 Å². The second-order valence-corrected chi connectivity index (χ2v) is 6.63. The highest BCUT2D eigenvalue weighted by molar-refractivity contribution is 6.00. The molecule has 2 fully saturated rings. The van der Waals surface area contributed by atoms with E-state index in [-0.39, 0.29) is 5.78 Å². The number of carbonyl (C=O) groups excluding carboxylic acids is 1. The number of carbonyl (C=O) groups is 1. The number of para-hydroxylation sites is 1. The molecule has 0 heterocycles. The Morgan fingerprint density at radius 2 is 2.14 bits per heavy atom. The van der Waals surface area contributed by atoms with Gasteiger partial charge in [-0.15, -0.1) is 0 Å². The van der Waals surface area contributed by atoms with Gasteiger partial charge in [0.15, 0.2) is 5.78 Å². The molecule has 3 rings (SSSR count). The van der Waals surface area contributed by atoms with Crippen molar-refractivity contribution in [2.45, 2.75) is 38.6 Å². The lowest BCUT2D eigenvalue weighted by Crippen LogP contribution is -2.39. The molecule has 0 saturated heterocycles. The van der Waals surface area contributed by atoms with Gasteiger partial charge in [0, 0.05) is 6.04 Å². The van der Waals surface area contributed by atoms with Crippen LogP contribution in [0.4, 0.5) is 0 Å². The highest BCUT2D eigenvalue weighted by atomic mass is 16.5. The number of Topliss-reactive ketones (excluding diaryl/α,β-unsaturated/α-hetero) is 1. The zero-order valence-corrected chi connectivity index (χ0v) is 13.0. The van der Waals surface area contributed by atoms with Gasteiger partial charge < -0.3 is 10.1 Å². The first-order chi connectivity index (χ1) is 10.2. The van der Waals surface area contributed by atoms with Gasteiger partial charge in [0.1, 0.15) is 5.75 Å². The number of ether oxygens (including phenoxy) is 1. The Morgan fingerprint density at radius 3 is 2.81 bits per heavy atom. The summed E-state index contributed by atoms with van der Waals surface area (Å²) in [5.74, 6) is 3.38. The maximum absolute atomic E-state index is 12.4. The Labute approximate surface area is 127 Å². The van der Waals surface area contributed by atoms with Crippen molar-refractivity contribution in [3.63, 3.8) is 0 Å². The topological polar surface area (TPSA) is 38.3 Å². The first-order valence-corrected chi connectivity index (χ1v) is 8.08. The lowest BCUT2D eigenvalue weighted by Gasteiger charge is -2.28.